The predicted octanol–water partition coefficient (Wildman–Crippen LogP) is -0.0419. The average molecular weight is 144 g/mol. The Kier molecular flexibility index (Phi) is 2.11. The van der Waals surface area contributed by atoms with E-state index in [4.69, 9.17) is 5.11 Å². The number of carbonyl (C=O) groups is 1. The van der Waals surface area contributed by atoms with Gasteiger partial charge in [0.25, 0.3) is 0 Å². The van der Waals surface area contributed by atoms with E-state index in [9.17, 15) is 4.79 Å². The fourth-order valence-corrected chi connectivity index (χ4v) is 1.23. The average Bonchev–Trinajstić information content (AvgIpc) is 2.13. The van der Waals surface area contributed by atoms with Gasteiger partial charge in [0, 0.05) is 12.6 Å². The van der Waals surface area contributed by atoms with Crippen LogP contribution in [0.3, 0.4) is 0 Å². The second-order valence-corrected chi connectivity index (χ2v) is 2.70. The molecular formula is C6H12N2O2. The lowest BCUT2D eigenvalue weighted by Crippen LogP contribution is -2.35. The molecule has 1 rings (SSSR count). The highest BCUT2D eigenvalue weighted by Crippen LogP contribution is 2.05. The largest absolute Gasteiger partial charge is 0.465 e. The van der Waals surface area contributed by atoms with E-state index < -0.39 is 6.09 Å². The number of rotatable bonds is 1. The van der Waals surface area contributed by atoms with Gasteiger partial charge in [-0.05, 0) is 20.0 Å². The predicted molar refractivity (Wildman–Crippen MR) is 37.1 cm³/mol. The molecule has 1 saturated heterocycles. The minimum Gasteiger partial charge on any atom is -0.465 e. The van der Waals surface area contributed by atoms with Gasteiger partial charge in [-0.3, -0.25) is 0 Å². The molecule has 0 aliphatic carbocycles. The molecule has 1 unspecified atom stereocenters. The molecule has 1 atom stereocenters. The minimum atomic E-state index is -0.916. The van der Waals surface area contributed by atoms with Crippen LogP contribution in [-0.4, -0.2) is 42.3 Å². The van der Waals surface area contributed by atoms with Crippen molar-refractivity contribution in [2.24, 2.45) is 0 Å². The molecule has 0 spiro atoms. The SMILES string of the molecule is CN1CCC(NC(=O)O)C1. The lowest BCUT2D eigenvalue weighted by atomic mass is 10.3. The van der Waals surface area contributed by atoms with E-state index in [0.717, 1.165) is 19.5 Å². The summed E-state index contributed by atoms with van der Waals surface area (Å²) in [6.45, 7) is 1.83. The summed E-state index contributed by atoms with van der Waals surface area (Å²) in [4.78, 5) is 12.2. The van der Waals surface area contributed by atoms with Crippen molar-refractivity contribution < 1.29 is 9.90 Å². The van der Waals surface area contributed by atoms with Crippen LogP contribution in [0.4, 0.5) is 4.79 Å². The Morgan fingerprint density at radius 1 is 1.80 bits per heavy atom. The quantitative estimate of drug-likeness (QED) is 0.543. The number of hydrogen-bond donors (Lipinski definition) is 2. The number of nitrogens with zero attached hydrogens (tertiary/aromatic N) is 1. The van der Waals surface area contributed by atoms with Gasteiger partial charge in [0.05, 0.1) is 0 Å². The smallest absolute Gasteiger partial charge is 0.404 e. The third-order valence-corrected chi connectivity index (χ3v) is 1.72. The van der Waals surface area contributed by atoms with E-state index >= 15 is 0 Å². The molecule has 1 aliphatic heterocycles. The first kappa shape index (κ1) is 7.34. The summed E-state index contributed by atoms with van der Waals surface area (Å²) in [5, 5.41) is 10.8. The van der Waals surface area contributed by atoms with Crippen molar-refractivity contribution in [3.8, 4) is 0 Å². The fourth-order valence-electron chi connectivity index (χ4n) is 1.23. The van der Waals surface area contributed by atoms with Crippen molar-refractivity contribution >= 4 is 6.09 Å². The first-order valence-corrected chi connectivity index (χ1v) is 3.36. The van der Waals surface area contributed by atoms with Crippen molar-refractivity contribution in [1.29, 1.82) is 0 Å². The minimum absolute atomic E-state index is 0.141. The van der Waals surface area contributed by atoms with E-state index in [2.05, 4.69) is 10.2 Å². The summed E-state index contributed by atoms with van der Waals surface area (Å²) in [7, 11) is 1.99. The zero-order chi connectivity index (χ0) is 7.56. The fraction of sp³-hybridized carbons (Fsp3) is 0.833. The molecular weight excluding hydrogens is 132 g/mol. The maximum Gasteiger partial charge on any atom is 0.404 e. The Labute approximate surface area is 59.8 Å². The van der Waals surface area contributed by atoms with Crippen LogP contribution in [0.5, 0.6) is 0 Å². The molecule has 0 bridgehead atoms. The number of likely N-dealkylation sites (tertiary alicyclic amines) is 1. The summed E-state index contributed by atoms with van der Waals surface area (Å²) in [5.41, 5.74) is 0. The number of amides is 1. The number of likely N-dealkylation sites (N-methyl/N-ethyl adjacent to an activating group) is 1. The highest BCUT2D eigenvalue weighted by Gasteiger charge is 2.20. The molecule has 0 aromatic heterocycles. The third-order valence-electron chi connectivity index (χ3n) is 1.72. The molecule has 0 aromatic rings. The van der Waals surface area contributed by atoms with Crippen LogP contribution in [0.1, 0.15) is 6.42 Å². The standard InChI is InChI=1S/C6H12N2O2/c1-8-3-2-5(4-8)7-6(9)10/h5,7H,2-4H2,1H3,(H,9,10). The molecule has 4 nitrogen and oxygen atoms in total. The van der Waals surface area contributed by atoms with Crippen molar-refractivity contribution in [2.75, 3.05) is 20.1 Å². The third kappa shape index (κ3) is 1.88. The van der Waals surface area contributed by atoms with Crippen LogP contribution in [-0.2, 0) is 0 Å². The normalized spacial score (nSPS) is 26.7. The number of hydrogen-bond acceptors (Lipinski definition) is 2. The lowest BCUT2D eigenvalue weighted by Gasteiger charge is -2.08. The van der Waals surface area contributed by atoms with Crippen LogP contribution in [0.25, 0.3) is 0 Å². The van der Waals surface area contributed by atoms with Gasteiger partial charge in [-0.25, -0.2) is 4.79 Å². The molecule has 2 N–H and O–H groups in total. The second kappa shape index (κ2) is 2.88. The molecule has 1 aliphatic rings. The zero-order valence-electron chi connectivity index (χ0n) is 6.00. The Hall–Kier alpha value is -0.770. The van der Waals surface area contributed by atoms with Gasteiger partial charge in [0.15, 0.2) is 0 Å². The molecule has 0 radical (unpaired) electrons. The van der Waals surface area contributed by atoms with Gasteiger partial charge in [0.2, 0.25) is 0 Å². The molecule has 1 amide bonds. The van der Waals surface area contributed by atoms with Gasteiger partial charge >= 0.3 is 6.09 Å². The monoisotopic (exact) mass is 144 g/mol. The van der Waals surface area contributed by atoms with Crippen LogP contribution in [0, 0.1) is 0 Å². The topological polar surface area (TPSA) is 52.6 Å². The first-order valence-electron chi connectivity index (χ1n) is 3.36. The second-order valence-electron chi connectivity index (χ2n) is 2.70. The zero-order valence-corrected chi connectivity index (χ0v) is 6.00. The van der Waals surface area contributed by atoms with Crippen LogP contribution in [0.15, 0.2) is 0 Å². The van der Waals surface area contributed by atoms with Crippen molar-refractivity contribution in [3.05, 3.63) is 0 Å². The molecule has 4 heteroatoms. The van der Waals surface area contributed by atoms with Crippen molar-refractivity contribution in [1.82, 2.24) is 10.2 Å². The van der Waals surface area contributed by atoms with Crippen LogP contribution in [0.2, 0.25) is 0 Å². The highest BCUT2D eigenvalue weighted by molar-refractivity contribution is 5.64. The van der Waals surface area contributed by atoms with E-state index in [-0.39, 0.29) is 6.04 Å². The van der Waals surface area contributed by atoms with Crippen LogP contribution >= 0.6 is 0 Å². The molecule has 0 aromatic carbocycles. The summed E-state index contributed by atoms with van der Waals surface area (Å²) >= 11 is 0. The molecule has 58 valence electrons. The molecule has 10 heavy (non-hydrogen) atoms. The van der Waals surface area contributed by atoms with E-state index in [1.807, 2.05) is 7.05 Å². The Bertz CT molecular complexity index is 138. The van der Waals surface area contributed by atoms with E-state index in [0.29, 0.717) is 0 Å². The Morgan fingerprint density at radius 3 is 2.90 bits per heavy atom. The molecule has 1 heterocycles. The summed E-state index contributed by atoms with van der Waals surface area (Å²) in [6.07, 6.45) is 0.0169. The Morgan fingerprint density at radius 2 is 2.50 bits per heavy atom. The molecule has 1 fully saturated rings. The van der Waals surface area contributed by atoms with Gasteiger partial charge in [-0.15, -0.1) is 0 Å². The summed E-state index contributed by atoms with van der Waals surface area (Å²) < 4.78 is 0. The molecule has 0 saturated carbocycles. The summed E-state index contributed by atoms with van der Waals surface area (Å²) in [5.74, 6) is 0. The van der Waals surface area contributed by atoms with Gasteiger partial charge in [0.1, 0.15) is 0 Å². The van der Waals surface area contributed by atoms with Crippen molar-refractivity contribution in [3.63, 3.8) is 0 Å². The number of nitrogens with one attached hydrogen (secondary N) is 1. The lowest BCUT2D eigenvalue weighted by molar-refractivity contribution is 0.190. The first-order chi connectivity index (χ1) is 4.68. The maximum absolute atomic E-state index is 10.1. The van der Waals surface area contributed by atoms with Crippen molar-refractivity contribution in [2.45, 2.75) is 12.5 Å². The van der Waals surface area contributed by atoms with Gasteiger partial charge in [-0.2, -0.15) is 0 Å². The van der Waals surface area contributed by atoms with Gasteiger partial charge in [-0.1, -0.05) is 0 Å². The maximum atomic E-state index is 10.1. The Balaban J connectivity index is 2.24. The highest BCUT2D eigenvalue weighted by atomic mass is 16.4. The van der Waals surface area contributed by atoms with E-state index in [1.165, 1.54) is 0 Å². The summed E-state index contributed by atoms with van der Waals surface area (Å²) in [6, 6.07) is 0.141. The number of carboxylic acid groups (broad SMARTS) is 1. The van der Waals surface area contributed by atoms with Crippen LogP contribution < -0.4 is 5.32 Å². The van der Waals surface area contributed by atoms with Gasteiger partial charge < -0.3 is 15.3 Å². The van der Waals surface area contributed by atoms with E-state index in [1.54, 1.807) is 0 Å².